The van der Waals surface area contributed by atoms with E-state index in [0.29, 0.717) is 12.8 Å². The first-order valence-electron chi connectivity index (χ1n) is 10.2. The number of aliphatic hydroxyl groups is 6. The van der Waals surface area contributed by atoms with Gasteiger partial charge in [-0.3, -0.25) is 4.79 Å². The first kappa shape index (κ1) is 19.4. The molecule has 6 aliphatic rings. The van der Waals surface area contributed by atoms with Crippen LogP contribution in [-0.4, -0.2) is 79.3 Å². The summed E-state index contributed by atoms with van der Waals surface area (Å²) in [5.41, 5.74) is -5.45. The van der Waals surface area contributed by atoms with Gasteiger partial charge in [0.2, 0.25) is 5.79 Å². The Labute approximate surface area is 163 Å². The molecule has 2 heterocycles. The second kappa shape index (κ2) is 5.17. The van der Waals surface area contributed by atoms with Crippen molar-refractivity contribution >= 4 is 5.78 Å². The molecule has 0 aromatic rings. The monoisotopic (exact) mass is 398 g/mol. The number of hydrogen-bond acceptors (Lipinski definition) is 8. The van der Waals surface area contributed by atoms with Gasteiger partial charge in [0.15, 0.2) is 5.78 Å². The lowest BCUT2D eigenvalue weighted by Gasteiger charge is -2.74. The fourth-order valence-electron chi connectivity index (χ4n) is 8.28. The molecule has 0 amide bonds. The number of fused-ring (bicyclic) bond motifs is 2. The van der Waals surface area contributed by atoms with E-state index in [9.17, 15) is 35.4 Å². The van der Waals surface area contributed by atoms with Gasteiger partial charge in [0.25, 0.3) is 0 Å². The van der Waals surface area contributed by atoms with Crippen LogP contribution in [0.5, 0.6) is 0 Å². The van der Waals surface area contributed by atoms with Crippen LogP contribution in [0.15, 0.2) is 0 Å². The quantitative estimate of drug-likeness (QED) is 0.314. The molecule has 158 valence electrons. The smallest absolute Gasteiger partial charge is 0.205 e. The zero-order valence-electron chi connectivity index (χ0n) is 16.2. The number of ketones is 1. The van der Waals surface area contributed by atoms with Gasteiger partial charge in [0.05, 0.1) is 30.8 Å². The van der Waals surface area contributed by atoms with Gasteiger partial charge in [-0.25, -0.2) is 0 Å². The minimum Gasteiger partial charge on any atom is -0.393 e. The lowest BCUT2D eigenvalue weighted by atomic mass is 9.35. The number of aliphatic hydroxyl groups excluding tert-OH is 4. The molecule has 6 N–H and O–H groups in total. The Morgan fingerprint density at radius 1 is 1.14 bits per heavy atom. The zero-order chi connectivity index (χ0) is 20.5. The van der Waals surface area contributed by atoms with Gasteiger partial charge in [-0.05, 0) is 31.1 Å². The van der Waals surface area contributed by atoms with Crippen LogP contribution in [0, 0.1) is 34.0 Å². The highest BCUT2D eigenvalue weighted by atomic mass is 16.6. The summed E-state index contributed by atoms with van der Waals surface area (Å²) in [6.45, 7) is 3.02. The lowest BCUT2D eigenvalue weighted by Crippen LogP contribution is -2.85. The van der Waals surface area contributed by atoms with Gasteiger partial charge in [0.1, 0.15) is 11.7 Å². The van der Waals surface area contributed by atoms with Crippen molar-refractivity contribution in [3.05, 3.63) is 0 Å². The van der Waals surface area contributed by atoms with E-state index in [0.717, 1.165) is 0 Å². The molecule has 2 saturated heterocycles. The van der Waals surface area contributed by atoms with Crippen LogP contribution >= 0.6 is 0 Å². The molecular formula is C20H30O8. The SMILES string of the molecule is CC1(C)CCC(O)C23COC(O)(C(O)C12)C12CC(CC(O)C31)C(O)(CO)C2=O. The second-order valence-corrected chi connectivity index (χ2v) is 10.6. The largest absolute Gasteiger partial charge is 0.393 e. The van der Waals surface area contributed by atoms with Crippen molar-refractivity contribution in [2.75, 3.05) is 13.2 Å². The highest BCUT2D eigenvalue weighted by Gasteiger charge is 2.88. The summed E-state index contributed by atoms with van der Waals surface area (Å²) in [6.07, 6.45) is -2.31. The van der Waals surface area contributed by atoms with E-state index in [1.807, 2.05) is 13.8 Å². The van der Waals surface area contributed by atoms with Gasteiger partial charge in [-0.15, -0.1) is 0 Å². The van der Waals surface area contributed by atoms with Crippen molar-refractivity contribution in [1.82, 2.24) is 0 Å². The molecule has 2 spiro atoms. The molecule has 28 heavy (non-hydrogen) atoms. The van der Waals surface area contributed by atoms with Crippen LogP contribution in [0.1, 0.15) is 39.5 Å². The van der Waals surface area contributed by atoms with Crippen molar-refractivity contribution in [2.24, 2.45) is 34.0 Å². The Balaban J connectivity index is 1.80. The fourth-order valence-corrected chi connectivity index (χ4v) is 8.28. The van der Waals surface area contributed by atoms with Crippen molar-refractivity contribution in [2.45, 2.75) is 69.2 Å². The van der Waals surface area contributed by atoms with Gasteiger partial charge >= 0.3 is 0 Å². The molecule has 10 atom stereocenters. The Morgan fingerprint density at radius 2 is 1.82 bits per heavy atom. The summed E-state index contributed by atoms with van der Waals surface area (Å²) < 4.78 is 5.77. The predicted molar refractivity (Wildman–Crippen MR) is 93.5 cm³/mol. The predicted octanol–water partition coefficient (Wildman–Crippen LogP) is -1.46. The fraction of sp³-hybridized carbons (Fsp3) is 0.950. The van der Waals surface area contributed by atoms with Crippen LogP contribution in [0.4, 0.5) is 0 Å². The number of rotatable bonds is 1. The third-order valence-corrected chi connectivity index (χ3v) is 9.31. The molecule has 6 rings (SSSR count). The van der Waals surface area contributed by atoms with E-state index in [1.165, 1.54) is 0 Å². The highest BCUT2D eigenvalue weighted by molar-refractivity contribution is 5.97. The molecule has 2 aliphatic heterocycles. The first-order valence-corrected chi connectivity index (χ1v) is 10.2. The van der Waals surface area contributed by atoms with E-state index in [4.69, 9.17) is 4.74 Å². The van der Waals surface area contributed by atoms with Crippen LogP contribution in [0.3, 0.4) is 0 Å². The topological polar surface area (TPSA) is 148 Å². The molecule has 4 bridgehead atoms. The first-order chi connectivity index (χ1) is 12.9. The summed E-state index contributed by atoms with van der Waals surface area (Å²) in [5, 5.41) is 66.1. The van der Waals surface area contributed by atoms with Gasteiger partial charge in [-0.1, -0.05) is 13.8 Å². The lowest BCUT2D eigenvalue weighted by molar-refractivity contribution is -0.455. The number of ether oxygens (including phenoxy) is 1. The van der Waals surface area contributed by atoms with Crippen LogP contribution in [0.2, 0.25) is 0 Å². The highest BCUT2D eigenvalue weighted by Crippen LogP contribution is 2.76. The number of carbonyl (C=O) groups excluding carboxylic acids is 1. The molecule has 6 fully saturated rings. The van der Waals surface area contributed by atoms with Gasteiger partial charge in [-0.2, -0.15) is 0 Å². The Morgan fingerprint density at radius 3 is 2.46 bits per heavy atom. The Hall–Kier alpha value is -0.610. The van der Waals surface area contributed by atoms with Crippen LogP contribution < -0.4 is 0 Å². The minimum absolute atomic E-state index is 0.000200. The standard InChI is InChI=1S/C20H30O8/c1-16(2)4-3-11(23)17-8-28-20(27,14(24)13(16)17)18-6-9(5-10(22)12(17)18)19(26,7-21)15(18)25/h9-14,21-24,26-27H,3-8H2,1-2H3. The van der Waals surface area contributed by atoms with E-state index < -0.39 is 76.1 Å². The van der Waals surface area contributed by atoms with Crippen molar-refractivity contribution in [1.29, 1.82) is 0 Å². The molecule has 0 aromatic carbocycles. The average Bonchev–Trinajstić information content (AvgIpc) is 2.81. The van der Waals surface area contributed by atoms with Crippen LogP contribution in [-0.2, 0) is 9.53 Å². The molecular weight excluding hydrogens is 368 g/mol. The molecule has 4 aliphatic carbocycles. The molecule has 10 unspecified atom stereocenters. The maximum absolute atomic E-state index is 13.6. The van der Waals surface area contributed by atoms with E-state index in [-0.39, 0.29) is 19.4 Å². The molecule has 8 nitrogen and oxygen atoms in total. The van der Waals surface area contributed by atoms with E-state index >= 15 is 0 Å². The third kappa shape index (κ3) is 1.66. The molecule has 8 heteroatoms. The summed E-state index contributed by atoms with van der Waals surface area (Å²) in [5.74, 6) is -5.27. The average molecular weight is 398 g/mol. The normalized spacial score (nSPS) is 61.8. The maximum atomic E-state index is 13.6. The number of Topliss-reactive ketones (excluding diaryl/α,β-unsaturated/α-hetero) is 1. The number of hydrogen-bond donors (Lipinski definition) is 6. The molecule has 4 saturated carbocycles. The maximum Gasteiger partial charge on any atom is 0.205 e. The van der Waals surface area contributed by atoms with E-state index in [1.54, 1.807) is 0 Å². The van der Waals surface area contributed by atoms with Crippen molar-refractivity contribution in [3.8, 4) is 0 Å². The van der Waals surface area contributed by atoms with Crippen molar-refractivity contribution in [3.63, 3.8) is 0 Å². The zero-order valence-corrected chi connectivity index (χ0v) is 16.2. The van der Waals surface area contributed by atoms with Gasteiger partial charge < -0.3 is 35.4 Å². The van der Waals surface area contributed by atoms with Crippen LogP contribution in [0.25, 0.3) is 0 Å². The summed E-state index contributed by atoms with van der Waals surface area (Å²) in [7, 11) is 0. The van der Waals surface area contributed by atoms with Crippen molar-refractivity contribution < 1.29 is 40.2 Å². The molecule has 0 aromatic heterocycles. The Kier molecular flexibility index (Phi) is 3.57. The summed E-state index contributed by atoms with van der Waals surface area (Å²) in [6, 6.07) is 0. The second-order valence-electron chi connectivity index (χ2n) is 10.6. The van der Waals surface area contributed by atoms with E-state index in [2.05, 4.69) is 0 Å². The summed E-state index contributed by atoms with van der Waals surface area (Å²) in [4.78, 5) is 13.6. The summed E-state index contributed by atoms with van der Waals surface area (Å²) >= 11 is 0. The number of carbonyl (C=O) groups is 1. The van der Waals surface area contributed by atoms with Gasteiger partial charge in [0, 0.05) is 23.2 Å². The minimum atomic E-state index is -2.28. The third-order valence-electron chi connectivity index (χ3n) is 9.31. The Bertz CT molecular complexity index is 740. The molecule has 0 radical (unpaired) electrons.